The van der Waals surface area contributed by atoms with Crippen molar-refractivity contribution in [2.45, 2.75) is 32.8 Å². The fraction of sp³-hybridized carbons (Fsp3) is 0.370. The van der Waals surface area contributed by atoms with Gasteiger partial charge in [0.1, 0.15) is 17.3 Å². The summed E-state index contributed by atoms with van der Waals surface area (Å²) in [6.07, 6.45) is 0.500. The maximum atomic E-state index is 12.4. The van der Waals surface area contributed by atoms with E-state index >= 15 is 0 Å². The van der Waals surface area contributed by atoms with Crippen molar-refractivity contribution in [1.82, 2.24) is 9.88 Å². The maximum absolute atomic E-state index is 12.4. The molecule has 1 fully saturated rings. The second kappa shape index (κ2) is 8.94. The Morgan fingerprint density at radius 1 is 0.971 bits per heavy atom. The third-order valence-corrected chi connectivity index (χ3v) is 6.47. The van der Waals surface area contributed by atoms with E-state index in [0.717, 1.165) is 55.1 Å². The molecule has 0 amide bonds. The fourth-order valence-corrected chi connectivity index (χ4v) is 4.74. The standard InChI is InChI=1S/C27H29N3O5/c1-4-29-12-14-30(15-13-29)24-19-6-5-7-20-21(19)23(35-26(32)25(31)34-20)22(28-24)18-10-8-17(9-11-18)16-27(2,3)33/h5-11,33H,4,12-16H2,1-3H3. The molecule has 182 valence electrons. The molecule has 3 aromatic rings. The normalized spacial score (nSPS) is 16.7. The SMILES string of the molecule is CCN1CCN(c2nc(-c3ccc(CC(C)(C)O)cc3)c3c4c(cccc24)OC(=O)C(=O)O3)CC1. The molecular weight excluding hydrogens is 446 g/mol. The number of aliphatic hydroxyl groups is 1. The van der Waals surface area contributed by atoms with Crippen molar-refractivity contribution in [2.24, 2.45) is 0 Å². The minimum Gasteiger partial charge on any atom is -0.417 e. The molecule has 8 nitrogen and oxygen atoms in total. The number of hydrogen-bond donors (Lipinski definition) is 1. The zero-order chi connectivity index (χ0) is 24.7. The molecule has 0 unspecified atom stereocenters. The molecule has 1 saturated heterocycles. The lowest BCUT2D eigenvalue weighted by Crippen LogP contribution is -2.46. The Hall–Kier alpha value is -3.49. The highest BCUT2D eigenvalue weighted by molar-refractivity contribution is 6.32. The molecule has 8 heteroatoms. The largest absolute Gasteiger partial charge is 0.423 e. The van der Waals surface area contributed by atoms with Gasteiger partial charge in [0.25, 0.3) is 0 Å². The van der Waals surface area contributed by atoms with Gasteiger partial charge in [0.2, 0.25) is 0 Å². The molecule has 3 heterocycles. The van der Waals surface area contributed by atoms with E-state index in [1.54, 1.807) is 26.0 Å². The van der Waals surface area contributed by atoms with E-state index in [9.17, 15) is 14.7 Å². The van der Waals surface area contributed by atoms with Crippen LogP contribution < -0.4 is 14.4 Å². The Bertz CT molecular complexity index is 1290. The third kappa shape index (κ3) is 4.59. The minimum atomic E-state index is -1.08. The number of likely N-dealkylation sites (N-methyl/N-ethyl adjacent to an activating group) is 1. The average Bonchev–Trinajstić information content (AvgIpc) is 2.96. The van der Waals surface area contributed by atoms with Crippen LogP contribution in [0.25, 0.3) is 22.0 Å². The maximum Gasteiger partial charge on any atom is 0.423 e. The van der Waals surface area contributed by atoms with Crippen molar-refractivity contribution in [3.63, 3.8) is 0 Å². The first-order valence-corrected chi connectivity index (χ1v) is 11.9. The second-order valence-corrected chi connectivity index (χ2v) is 9.68. The summed E-state index contributed by atoms with van der Waals surface area (Å²) in [5.74, 6) is -0.862. The topological polar surface area (TPSA) is 92.2 Å². The number of rotatable bonds is 5. The molecule has 1 aromatic heterocycles. The van der Waals surface area contributed by atoms with Crippen LogP contribution >= 0.6 is 0 Å². The summed E-state index contributed by atoms with van der Waals surface area (Å²) in [6, 6.07) is 13.0. The van der Waals surface area contributed by atoms with Crippen LogP contribution in [0.5, 0.6) is 11.5 Å². The van der Waals surface area contributed by atoms with Crippen LogP contribution in [0.3, 0.4) is 0 Å². The van der Waals surface area contributed by atoms with Gasteiger partial charge >= 0.3 is 11.9 Å². The van der Waals surface area contributed by atoms with E-state index in [1.807, 2.05) is 30.3 Å². The lowest BCUT2D eigenvalue weighted by Gasteiger charge is -2.35. The molecule has 0 atom stereocenters. The third-order valence-electron chi connectivity index (χ3n) is 6.47. The summed E-state index contributed by atoms with van der Waals surface area (Å²) in [5.41, 5.74) is 1.36. The fourth-order valence-electron chi connectivity index (χ4n) is 4.74. The van der Waals surface area contributed by atoms with Gasteiger partial charge in [0, 0.05) is 43.5 Å². The van der Waals surface area contributed by atoms with Gasteiger partial charge in [0.05, 0.1) is 11.0 Å². The van der Waals surface area contributed by atoms with Crippen LogP contribution in [-0.2, 0) is 16.0 Å². The Morgan fingerprint density at radius 3 is 2.31 bits per heavy atom. The highest BCUT2D eigenvalue weighted by atomic mass is 16.6. The molecular formula is C27H29N3O5. The smallest absolute Gasteiger partial charge is 0.417 e. The molecule has 0 spiro atoms. The van der Waals surface area contributed by atoms with Crippen LogP contribution in [0.15, 0.2) is 42.5 Å². The second-order valence-electron chi connectivity index (χ2n) is 9.68. The predicted octanol–water partition coefficient (Wildman–Crippen LogP) is 3.18. The van der Waals surface area contributed by atoms with Crippen molar-refractivity contribution in [1.29, 1.82) is 0 Å². The predicted molar refractivity (Wildman–Crippen MR) is 133 cm³/mol. The number of esters is 2. The van der Waals surface area contributed by atoms with Crippen LogP contribution in [-0.4, -0.2) is 65.3 Å². The van der Waals surface area contributed by atoms with E-state index < -0.39 is 17.5 Å². The molecule has 0 bridgehead atoms. The lowest BCUT2D eigenvalue weighted by molar-refractivity contribution is -0.155. The van der Waals surface area contributed by atoms with E-state index in [4.69, 9.17) is 14.5 Å². The Kier molecular flexibility index (Phi) is 5.94. The minimum absolute atomic E-state index is 0.220. The van der Waals surface area contributed by atoms with Crippen molar-refractivity contribution in [2.75, 3.05) is 37.6 Å². The lowest BCUT2D eigenvalue weighted by atomic mass is 9.96. The number of piperazine rings is 1. The van der Waals surface area contributed by atoms with Gasteiger partial charge in [-0.3, -0.25) is 0 Å². The summed E-state index contributed by atoms with van der Waals surface area (Å²) in [4.78, 5) is 34.3. The number of ether oxygens (including phenoxy) is 2. The molecule has 0 saturated carbocycles. The van der Waals surface area contributed by atoms with E-state index in [2.05, 4.69) is 16.7 Å². The van der Waals surface area contributed by atoms with E-state index in [0.29, 0.717) is 17.5 Å². The molecule has 35 heavy (non-hydrogen) atoms. The number of carbonyl (C=O) groups is 2. The number of pyridine rings is 1. The van der Waals surface area contributed by atoms with Crippen molar-refractivity contribution in [3.8, 4) is 22.8 Å². The summed E-state index contributed by atoms with van der Waals surface area (Å²) >= 11 is 0. The number of anilines is 1. The van der Waals surface area contributed by atoms with Crippen LogP contribution in [0, 0.1) is 0 Å². The first kappa shape index (κ1) is 23.3. The molecule has 2 aliphatic rings. The van der Waals surface area contributed by atoms with Gasteiger partial charge in [0.15, 0.2) is 5.75 Å². The quantitative estimate of drug-likeness (QED) is 0.342. The van der Waals surface area contributed by atoms with Gasteiger partial charge in [-0.2, -0.15) is 0 Å². The molecule has 5 rings (SSSR count). The Labute approximate surface area is 204 Å². The van der Waals surface area contributed by atoms with E-state index in [-0.39, 0.29) is 11.5 Å². The number of nitrogens with zero attached hydrogens (tertiary/aromatic N) is 3. The molecule has 2 aliphatic heterocycles. The van der Waals surface area contributed by atoms with Crippen LogP contribution in [0.4, 0.5) is 5.82 Å². The van der Waals surface area contributed by atoms with Gasteiger partial charge in [-0.25, -0.2) is 14.6 Å². The van der Waals surface area contributed by atoms with Crippen LogP contribution in [0.2, 0.25) is 0 Å². The van der Waals surface area contributed by atoms with Crippen LogP contribution in [0.1, 0.15) is 26.3 Å². The molecule has 2 aromatic carbocycles. The van der Waals surface area contributed by atoms with Gasteiger partial charge in [-0.15, -0.1) is 0 Å². The first-order chi connectivity index (χ1) is 16.7. The summed E-state index contributed by atoms with van der Waals surface area (Å²) in [5, 5.41) is 11.5. The van der Waals surface area contributed by atoms with Crippen molar-refractivity contribution < 1.29 is 24.2 Å². The van der Waals surface area contributed by atoms with E-state index in [1.165, 1.54) is 0 Å². The number of hydrogen-bond acceptors (Lipinski definition) is 8. The number of benzene rings is 2. The summed E-state index contributed by atoms with van der Waals surface area (Å²) in [6.45, 7) is 10.1. The zero-order valence-electron chi connectivity index (χ0n) is 20.2. The van der Waals surface area contributed by atoms with Gasteiger partial charge < -0.3 is 24.4 Å². The molecule has 0 aliphatic carbocycles. The van der Waals surface area contributed by atoms with Crippen molar-refractivity contribution >= 4 is 28.5 Å². The number of aromatic nitrogens is 1. The summed E-state index contributed by atoms with van der Waals surface area (Å²) in [7, 11) is 0. The highest BCUT2D eigenvalue weighted by Gasteiger charge is 2.32. The van der Waals surface area contributed by atoms with Crippen molar-refractivity contribution in [3.05, 3.63) is 48.0 Å². The monoisotopic (exact) mass is 475 g/mol. The molecule has 0 radical (unpaired) electrons. The molecule has 1 N–H and O–H groups in total. The van der Waals surface area contributed by atoms with Gasteiger partial charge in [-0.1, -0.05) is 43.3 Å². The number of carbonyl (C=O) groups excluding carboxylic acids is 2. The Morgan fingerprint density at radius 2 is 1.66 bits per heavy atom. The van der Waals surface area contributed by atoms with Gasteiger partial charge in [-0.05, 0) is 32.0 Å². The first-order valence-electron chi connectivity index (χ1n) is 11.9. The Balaban J connectivity index is 1.68. The zero-order valence-corrected chi connectivity index (χ0v) is 20.2. The summed E-state index contributed by atoms with van der Waals surface area (Å²) < 4.78 is 11.0. The highest BCUT2D eigenvalue weighted by Crippen LogP contribution is 2.45. The average molecular weight is 476 g/mol.